The molecule has 0 aliphatic carbocycles. The number of aryl methyl sites for hydroxylation is 1. The number of hydrogen-bond acceptors (Lipinski definition) is 5. The van der Waals surface area contributed by atoms with Crippen molar-refractivity contribution >= 4 is 16.9 Å². The second-order valence-electron chi connectivity index (χ2n) is 10.2. The minimum atomic E-state index is -1.34. The molecule has 198 valence electrons. The fraction of sp³-hybridized carbons (Fsp3) is 0.467. The normalized spacial score (nSPS) is 16.5. The molecule has 1 aliphatic heterocycles. The zero-order valence-corrected chi connectivity index (χ0v) is 21.5. The number of carbonyl (C=O) groups is 1. The third-order valence-electron chi connectivity index (χ3n) is 7.84. The zero-order valence-electron chi connectivity index (χ0n) is 21.5. The van der Waals surface area contributed by atoms with E-state index >= 15 is 4.39 Å². The van der Waals surface area contributed by atoms with E-state index in [1.807, 2.05) is 6.07 Å². The summed E-state index contributed by atoms with van der Waals surface area (Å²) in [6.45, 7) is 2.33. The smallest absolute Gasteiger partial charge is 0.303 e. The zero-order chi connectivity index (χ0) is 26.3. The van der Waals surface area contributed by atoms with E-state index in [2.05, 4.69) is 34.1 Å². The lowest BCUT2D eigenvalue weighted by atomic mass is 9.71. The fourth-order valence-electron chi connectivity index (χ4n) is 5.67. The Morgan fingerprint density at radius 3 is 2.62 bits per heavy atom. The van der Waals surface area contributed by atoms with Gasteiger partial charge >= 0.3 is 5.97 Å². The molecule has 1 fully saturated rings. The summed E-state index contributed by atoms with van der Waals surface area (Å²) in [6.07, 6.45) is 4.50. The first-order chi connectivity index (χ1) is 17.9. The van der Waals surface area contributed by atoms with Crippen LogP contribution in [-0.2, 0) is 17.8 Å². The van der Waals surface area contributed by atoms with E-state index < -0.39 is 17.6 Å². The minimum Gasteiger partial charge on any atom is -0.497 e. The van der Waals surface area contributed by atoms with Gasteiger partial charge in [-0.3, -0.25) is 9.78 Å². The SMILES string of the molecule is COc1ccc2ncc(CO)c([C@H](F)CCC3(CC(=O)O)CCN(CCCc4ccccc4)CC3)c2c1. The molecule has 0 bridgehead atoms. The van der Waals surface area contributed by atoms with Gasteiger partial charge in [0.25, 0.3) is 0 Å². The van der Waals surface area contributed by atoms with Crippen molar-refractivity contribution in [2.75, 3.05) is 26.7 Å². The van der Waals surface area contributed by atoms with E-state index in [4.69, 9.17) is 4.74 Å². The largest absolute Gasteiger partial charge is 0.497 e. The number of alkyl halides is 1. The molecule has 0 spiro atoms. The number of aliphatic carboxylic acids is 1. The van der Waals surface area contributed by atoms with Crippen LogP contribution >= 0.6 is 0 Å². The number of carboxylic acids is 1. The van der Waals surface area contributed by atoms with Crippen LogP contribution in [0.15, 0.2) is 54.7 Å². The highest BCUT2D eigenvalue weighted by atomic mass is 19.1. The van der Waals surface area contributed by atoms with Gasteiger partial charge in [-0.15, -0.1) is 0 Å². The summed E-state index contributed by atoms with van der Waals surface area (Å²) < 4.78 is 21.2. The van der Waals surface area contributed by atoms with E-state index in [0.29, 0.717) is 34.2 Å². The van der Waals surface area contributed by atoms with E-state index in [-0.39, 0.29) is 19.4 Å². The van der Waals surface area contributed by atoms with Crippen LogP contribution in [0.3, 0.4) is 0 Å². The standard InChI is InChI=1S/C30H37FN2O4/c1-37-24-9-10-27-25(18-24)29(23(21-34)20-32-27)26(31)11-12-30(19-28(35)36)13-16-33(17-14-30)15-5-8-22-6-3-2-4-7-22/h2-4,6-7,9-10,18,20,26,34H,5,8,11-17,19,21H2,1H3,(H,35,36)/t26-/m1/s1. The molecule has 0 saturated carbocycles. The average Bonchev–Trinajstić information content (AvgIpc) is 2.92. The van der Waals surface area contributed by atoms with E-state index in [9.17, 15) is 15.0 Å². The van der Waals surface area contributed by atoms with Gasteiger partial charge in [0.1, 0.15) is 11.9 Å². The Kier molecular flexibility index (Phi) is 9.11. The number of piperidine rings is 1. The number of halogens is 1. The Labute approximate surface area is 218 Å². The molecule has 0 amide bonds. The number of hydrogen-bond donors (Lipinski definition) is 2. The molecule has 0 unspecified atom stereocenters. The lowest BCUT2D eigenvalue weighted by Gasteiger charge is -2.41. The monoisotopic (exact) mass is 508 g/mol. The first-order valence-corrected chi connectivity index (χ1v) is 13.1. The summed E-state index contributed by atoms with van der Waals surface area (Å²) in [6, 6.07) is 15.7. The molecule has 1 aromatic heterocycles. The molecular formula is C30H37FN2O4. The van der Waals surface area contributed by atoms with Crippen LogP contribution in [-0.4, -0.2) is 52.8 Å². The van der Waals surface area contributed by atoms with Gasteiger partial charge in [0.2, 0.25) is 0 Å². The van der Waals surface area contributed by atoms with Gasteiger partial charge < -0.3 is 19.8 Å². The van der Waals surface area contributed by atoms with Crippen LogP contribution in [0.25, 0.3) is 10.9 Å². The molecule has 2 heterocycles. The number of aromatic nitrogens is 1. The number of fused-ring (bicyclic) bond motifs is 1. The topological polar surface area (TPSA) is 82.9 Å². The first-order valence-electron chi connectivity index (χ1n) is 13.1. The van der Waals surface area contributed by atoms with Gasteiger partial charge in [-0.1, -0.05) is 30.3 Å². The molecule has 2 aromatic carbocycles. The van der Waals surface area contributed by atoms with Gasteiger partial charge in [0.15, 0.2) is 0 Å². The highest BCUT2D eigenvalue weighted by molar-refractivity contribution is 5.85. The van der Waals surface area contributed by atoms with Crippen molar-refractivity contribution in [3.05, 3.63) is 71.4 Å². The molecule has 4 rings (SSSR count). The van der Waals surface area contributed by atoms with E-state index in [0.717, 1.165) is 45.3 Å². The fourth-order valence-corrected chi connectivity index (χ4v) is 5.67. The third kappa shape index (κ3) is 6.84. The molecule has 37 heavy (non-hydrogen) atoms. The van der Waals surface area contributed by atoms with Crippen LogP contribution < -0.4 is 4.74 Å². The molecular weight excluding hydrogens is 471 g/mol. The highest BCUT2D eigenvalue weighted by Gasteiger charge is 2.37. The molecule has 6 nitrogen and oxygen atoms in total. The molecule has 0 radical (unpaired) electrons. The van der Waals surface area contributed by atoms with Gasteiger partial charge in [0.05, 0.1) is 25.7 Å². The number of nitrogens with zero attached hydrogens (tertiary/aromatic N) is 2. The van der Waals surface area contributed by atoms with Crippen LogP contribution in [0.4, 0.5) is 4.39 Å². The second-order valence-corrected chi connectivity index (χ2v) is 10.2. The van der Waals surface area contributed by atoms with Gasteiger partial charge in [-0.05, 0) is 87.3 Å². The number of pyridine rings is 1. The maximum atomic E-state index is 15.9. The number of likely N-dealkylation sites (tertiary alicyclic amines) is 1. The van der Waals surface area contributed by atoms with Gasteiger partial charge in [-0.2, -0.15) is 0 Å². The third-order valence-corrected chi connectivity index (χ3v) is 7.84. The Morgan fingerprint density at radius 2 is 1.95 bits per heavy atom. The summed E-state index contributed by atoms with van der Waals surface area (Å²) >= 11 is 0. The Morgan fingerprint density at radius 1 is 1.19 bits per heavy atom. The average molecular weight is 509 g/mol. The Balaban J connectivity index is 1.42. The summed E-state index contributed by atoms with van der Waals surface area (Å²) in [7, 11) is 1.56. The summed E-state index contributed by atoms with van der Waals surface area (Å²) in [5, 5.41) is 20.2. The summed E-state index contributed by atoms with van der Waals surface area (Å²) in [4.78, 5) is 18.5. The van der Waals surface area contributed by atoms with Crippen molar-refractivity contribution < 1.29 is 24.1 Å². The number of ether oxygens (including phenoxy) is 1. The highest BCUT2D eigenvalue weighted by Crippen LogP contribution is 2.43. The van der Waals surface area contributed by atoms with Gasteiger partial charge in [0, 0.05) is 22.7 Å². The van der Waals surface area contributed by atoms with E-state index in [1.165, 1.54) is 11.8 Å². The minimum absolute atomic E-state index is 0.0509. The number of aliphatic hydroxyl groups excluding tert-OH is 1. The number of benzene rings is 2. The lowest BCUT2D eigenvalue weighted by molar-refractivity contribution is -0.141. The van der Waals surface area contributed by atoms with E-state index in [1.54, 1.807) is 25.3 Å². The molecule has 3 aromatic rings. The molecule has 7 heteroatoms. The predicted molar refractivity (Wildman–Crippen MR) is 142 cm³/mol. The molecule has 1 saturated heterocycles. The lowest BCUT2D eigenvalue weighted by Crippen LogP contribution is -2.41. The molecule has 1 aliphatic rings. The van der Waals surface area contributed by atoms with Crippen molar-refractivity contribution in [3.63, 3.8) is 0 Å². The second kappa shape index (κ2) is 12.5. The van der Waals surface area contributed by atoms with Crippen LogP contribution in [0.2, 0.25) is 0 Å². The quantitative estimate of drug-likeness (QED) is 0.326. The van der Waals surface area contributed by atoms with Crippen LogP contribution in [0.1, 0.15) is 61.4 Å². The molecule has 2 N–H and O–H groups in total. The van der Waals surface area contributed by atoms with Crippen molar-refractivity contribution in [3.8, 4) is 5.75 Å². The van der Waals surface area contributed by atoms with Crippen molar-refractivity contribution in [2.45, 2.75) is 57.7 Å². The number of rotatable bonds is 12. The summed E-state index contributed by atoms with van der Waals surface area (Å²) in [5.41, 5.74) is 2.42. The number of methoxy groups -OCH3 is 1. The van der Waals surface area contributed by atoms with Crippen molar-refractivity contribution in [1.82, 2.24) is 9.88 Å². The number of aliphatic hydroxyl groups is 1. The Bertz CT molecular complexity index is 1170. The maximum absolute atomic E-state index is 15.9. The summed E-state index contributed by atoms with van der Waals surface area (Å²) in [5.74, 6) is -0.233. The number of carboxylic acid groups (broad SMARTS) is 1. The maximum Gasteiger partial charge on any atom is 0.303 e. The van der Waals surface area contributed by atoms with Gasteiger partial charge in [-0.25, -0.2) is 4.39 Å². The van der Waals surface area contributed by atoms with Crippen LogP contribution in [0, 0.1) is 5.41 Å². The van der Waals surface area contributed by atoms with Crippen molar-refractivity contribution in [1.29, 1.82) is 0 Å². The first kappa shape index (κ1) is 27.0. The Hall–Kier alpha value is -3.03. The predicted octanol–water partition coefficient (Wildman–Crippen LogP) is 5.72. The van der Waals surface area contributed by atoms with Crippen LogP contribution in [0.5, 0.6) is 5.75 Å². The molecule has 1 atom stereocenters. The van der Waals surface area contributed by atoms with Crippen molar-refractivity contribution in [2.24, 2.45) is 5.41 Å².